The lowest BCUT2D eigenvalue weighted by Crippen LogP contribution is -2.46. The molecule has 1 aliphatic heterocycles. The van der Waals surface area contributed by atoms with Crippen LogP contribution in [-0.4, -0.2) is 11.9 Å². The Morgan fingerprint density at radius 3 is 2.41 bits per heavy atom. The van der Waals surface area contributed by atoms with Crippen LogP contribution in [0.25, 0.3) is 0 Å². The summed E-state index contributed by atoms with van der Waals surface area (Å²) in [5, 5.41) is 16.3. The van der Waals surface area contributed by atoms with Crippen molar-refractivity contribution >= 4 is 17.6 Å². The molecule has 0 spiro atoms. The number of para-hydroxylation sites is 1. The summed E-state index contributed by atoms with van der Waals surface area (Å²) < 4.78 is 39.7. The molecule has 1 heterocycles. The third-order valence-electron chi connectivity index (χ3n) is 4.37. The predicted octanol–water partition coefficient (Wildman–Crippen LogP) is 3.84. The lowest BCUT2D eigenvalue weighted by atomic mass is 9.94. The van der Waals surface area contributed by atoms with Gasteiger partial charge in [0.1, 0.15) is 0 Å². The molecule has 1 aliphatic rings. The number of urea groups is 1. The number of nitrogens with zero attached hydrogens (tertiary/aromatic N) is 1. The van der Waals surface area contributed by atoms with E-state index < -0.39 is 29.7 Å². The molecule has 9 heteroatoms. The number of alkyl halides is 3. The van der Waals surface area contributed by atoms with Crippen molar-refractivity contribution in [3.05, 3.63) is 76.5 Å². The highest BCUT2D eigenvalue weighted by atomic mass is 19.4. The molecule has 1 atom stereocenters. The fourth-order valence-electron chi connectivity index (χ4n) is 3.02. The highest BCUT2D eigenvalue weighted by Gasteiger charge is 2.35. The van der Waals surface area contributed by atoms with E-state index >= 15 is 0 Å². The van der Waals surface area contributed by atoms with E-state index in [2.05, 4.69) is 16.0 Å². The van der Waals surface area contributed by atoms with E-state index in [4.69, 9.17) is 5.26 Å². The van der Waals surface area contributed by atoms with Crippen LogP contribution in [0.5, 0.6) is 0 Å². The standard InChI is InChI=1S/C20H15F3N4O2/c1-11-16(18(28)26-15-5-3-2-4-14(15)20(21,22)23)17(27-19(29)25-11)13-8-6-12(10-24)7-9-13/h2-9,17H,1H3,(H,26,28)(H2,25,27,29)/t17-/m1/s1. The minimum Gasteiger partial charge on any atom is -0.327 e. The summed E-state index contributed by atoms with van der Waals surface area (Å²) in [5.41, 5.74) is -0.196. The molecule has 0 aliphatic carbocycles. The topological polar surface area (TPSA) is 94.0 Å². The summed E-state index contributed by atoms with van der Waals surface area (Å²) in [4.78, 5) is 24.8. The first-order chi connectivity index (χ1) is 13.7. The maximum Gasteiger partial charge on any atom is 0.418 e. The van der Waals surface area contributed by atoms with Gasteiger partial charge in [-0.25, -0.2) is 4.79 Å². The van der Waals surface area contributed by atoms with Crippen LogP contribution in [0.4, 0.5) is 23.7 Å². The Labute approximate surface area is 164 Å². The Bertz CT molecular complexity index is 1040. The molecule has 0 saturated heterocycles. The van der Waals surface area contributed by atoms with Gasteiger partial charge in [-0.3, -0.25) is 4.79 Å². The Morgan fingerprint density at radius 1 is 1.14 bits per heavy atom. The van der Waals surface area contributed by atoms with E-state index in [1.807, 2.05) is 6.07 Å². The molecule has 0 radical (unpaired) electrons. The summed E-state index contributed by atoms with van der Waals surface area (Å²) in [6, 6.07) is 11.3. The van der Waals surface area contributed by atoms with Crippen molar-refractivity contribution in [3.63, 3.8) is 0 Å². The van der Waals surface area contributed by atoms with E-state index in [1.165, 1.54) is 31.2 Å². The SMILES string of the molecule is CC1=C(C(=O)Nc2ccccc2C(F)(F)F)[C@@H](c2ccc(C#N)cc2)NC(=O)N1. The number of hydrogen-bond acceptors (Lipinski definition) is 3. The second kappa shape index (κ2) is 7.67. The Kier molecular flexibility index (Phi) is 5.28. The largest absolute Gasteiger partial charge is 0.418 e. The molecule has 0 aromatic heterocycles. The monoisotopic (exact) mass is 400 g/mol. The van der Waals surface area contributed by atoms with Gasteiger partial charge in [0.2, 0.25) is 0 Å². The first-order valence-electron chi connectivity index (χ1n) is 8.46. The Balaban J connectivity index is 1.98. The third kappa shape index (κ3) is 4.21. The van der Waals surface area contributed by atoms with Crippen molar-refractivity contribution in [2.45, 2.75) is 19.1 Å². The van der Waals surface area contributed by atoms with Crippen LogP contribution in [0.1, 0.15) is 29.7 Å². The van der Waals surface area contributed by atoms with E-state index in [0.29, 0.717) is 11.1 Å². The normalized spacial score (nSPS) is 16.5. The molecule has 3 rings (SSSR count). The van der Waals surface area contributed by atoms with Crippen LogP contribution in [0.2, 0.25) is 0 Å². The van der Waals surface area contributed by atoms with Crippen LogP contribution >= 0.6 is 0 Å². The van der Waals surface area contributed by atoms with Crippen LogP contribution in [0.3, 0.4) is 0 Å². The summed E-state index contributed by atoms with van der Waals surface area (Å²) in [6.07, 6.45) is -4.64. The number of rotatable bonds is 3. The fourth-order valence-corrected chi connectivity index (χ4v) is 3.02. The highest BCUT2D eigenvalue weighted by Crippen LogP contribution is 2.35. The van der Waals surface area contributed by atoms with Crippen molar-refractivity contribution in [3.8, 4) is 6.07 Å². The van der Waals surface area contributed by atoms with Gasteiger partial charge in [0.15, 0.2) is 0 Å². The van der Waals surface area contributed by atoms with Crippen LogP contribution in [0.15, 0.2) is 59.8 Å². The van der Waals surface area contributed by atoms with Gasteiger partial charge in [0, 0.05) is 5.70 Å². The lowest BCUT2D eigenvalue weighted by molar-refractivity contribution is -0.137. The van der Waals surface area contributed by atoms with Gasteiger partial charge >= 0.3 is 12.2 Å². The zero-order valence-corrected chi connectivity index (χ0v) is 15.1. The van der Waals surface area contributed by atoms with E-state index in [1.54, 1.807) is 12.1 Å². The molecule has 2 aromatic rings. The number of hydrogen-bond donors (Lipinski definition) is 3. The second-order valence-electron chi connectivity index (χ2n) is 6.30. The molecule has 29 heavy (non-hydrogen) atoms. The Morgan fingerprint density at radius 2 is 1.79 bits per heavy atom. The van der Waals surface area contributed by atoms with Gasteiger partial charge in [0.25, 0.3) is 5.91 Å². The molecule has 3 N–H and O–H groups in total. The van der Waals surface area contributed by atoms with Crippen LogP contribution in [-0.2, 0) is 11.0 Å². The summed E-state index contributed by atoms with van der Waals surface area (Å²) >= 11 is 0. The molecule has 3 amide bonds. The summed E-state index contributed by atoms with van der Waals surface area (Å²) in [6.45, 7) is 1.49. The molecule has 0 saturated carbocycles. The minimum absolute atomic E-state index is 0.0614. The van der Waals surface area contributed by atoms with Crippen molar-refractivity contribution in [1.82, 2.24) is 10.6 Å². The molecule has 0 bridgehead atoms. The van der Waals surface area contributed by atoms with Crippen molar-refractivity contribution in [2.75, 3.05) is 5.32 Å². The van der Waals surface area contributed by atoms with Gasteiger partial charge in [-0.15, -0.1) is 0 Å². The highest BCUT2D eigenvalue weighted by molar-refractivity contribution is 6.07. The number of carbonyl (C=O) groups excluding carboxylic acids is 2. The lowest BCUT2D eigenvalue weighted by Gasteiger charge is -2.29. The van der Waals surface area contributed by atoms with Crippen LogP contribution < -0.4 is 16.0 Å². The molecule has 148 valence electrons. The quantitative estimate of drug-likeness (QED) is 0.731. The average Bonchev–Trinajstić information content (AvgIpc) is 2.67. The van der Waals surface area contributed by atoms with Crippen LogP contribution in [0, 0.1) is 11.3 Å². The number of nitrogens with one attached hydrogen (secondary N) is 3. The molecular weight excluding hydrogens is 385 g/mol. The number of halogens is 3. The van der Waals surface area contributed by atoms with Crippen molar-refractivity contribution < 1.29 is 22.8 Å². The minimum atomic E-state index is -4.64. The number of nitriles is 1. The maximum atomic E-state index is 13.2. The summed E-state index contributed by atoms with van der Waals surface area (Å²) in [7, 11) is 0. The number of carbonyl (C=O) groups is 2. The van der Waals surface area contributed by atoms with E-state index in [-0.39, 0.29) is 17.0 Å². The maximum absolute atomic E-state index is 13.2. The molecule has 0 unspecified atom stereocenters. The number of amides is 3. The molecular formula is C20H15F3N4O2. The number of anilines is 1. The predicted molar refractivity (Wildman–Crippen MR) is 98.3 cm³/mol. The zero-order chi connectivity index (χ0) is 21.2. The average molecular weight is 400 g/mol. The van der Waals surface area contributed by atoms with Gasteiger partial charge in [-0.1, -0.05) is 24.3 Å². The van der Waals surface area contributed by atoms with Gasteiger partial charge < -0.3 is 16.0 Å². The second-order valence-corrected chi connectivity index (χ2v) is 6.30. The van der Waals surface area contributed by atoms with Crippen molar-refractivity contribution in [1.29, 1.82) is 5.26 Å². The number of benzene rings is 2. The van der Waals surface area contributed by atoms with E-state index in [0.717, 1.165) is 12.1 Å². The first kappa shape index (κ1) is 19.9. The summed E-state index contributed by atoms with van der Waals surface area (Å²) in [5.74, 6) is -0.791. The molecule has 6 nitrogen and oxygen atoms in total. The molecule has 2 aromatic carbocycles. The van der Waals surface area contributed by atoms with Gasteiger partial charge in [-0.2, -0.15) is 18.4 Å². The first-order valence-corrected chi connectivity index (χ1v) is 8.46. The number of allylic oxidation sites excluding steroid dienone is 1. The van der Waals surface area contributed by atoms with E-state index in [9.17, 15) is 22.8 Å². The third-order valence-corrected chi connectivity index (χ3v) is 4.37. The Hall–Kier alpha value is -3.80. The molecule has 0 fully saturated rings. The van der Waals surface area contributed by atoms with Crippen molar-refractivity contribution in [2.24, 2.45) is 0 Å². The zero-order valence-electron chi connectivity index (χ0n) is 15.1. The van der Waals surface area contributed by atoms with Gasteiger partial charge in [0.05, 0.1) is 34.5 Å². The van der Waals surface area contributed by atoms with Gasteiger partial charge in [-0.05, 0) is 36.8 Å². The fraction of sp³-hybridized carbons (Fsp3) is 0.150. The smallest absolute Gasteiger partial charge is 0.327 e.